The van der Waals surface area contributed by atoms with Crippen LogP contribution in [0.2, 0.25) is 0 Å². The summed E-state index contributed by atoms with van der Waals surface area (Å²) in [6.45, 7) is 4.80. The Morgan fingerprint density at radius 1 is 0.595 bits per heavy atom. The topological polar surface area (TPSA) is 247 Å². The molecule has 3 rings (SSSR count). The lowest BCUT2D eigenvalue weighted by Crippen LogP contribution is -2.67. The number of aliphatic hydroxyl groups is 9. The van der Waals surface area contributed by atoms with Crippen molar-refractivity contribution in [1.82, 2.24) is 0 Å². The van der Waals surface area contributed by atoms with Crippen molar-refractivity contribution < 1.29 is 79.1 Å². The SMILES string of the molecule is CCCOCC1OC(OC2C(O)C(CO)OC(OC3C(O)C(CO)OC(OCCC(C)C)C3O)C2O)C(O)C(O)C1O. The minimum atomic E-state index is -1.85. The Labute approximate surface area is 244 Å². The number of ether oxygens (including phenoxy) is 7. The maximum Gasteiger partial charge on any atom is 0.187 e. The quantitative estimate of drug-likeness (QED) is 0.0842. The highest BCUT2D eigenvalue weighted by molar-refractivity contribution is 4.96. The van der Waals surface area contributed by atoms with Crippen LogP contribution in [0, 0.1) is 5.92 Å². The van der Waals surface area contributed by atoms with Gasteiger partial charge in [-0.1, -0.05) is 20.8 Å². The van der Waals surface area contributed by atoms with Gasteiger partial charge in [0.15, 0.2) is 18.9 Å². The maximum absolute atomic E-state index is 11.1. The van der Waals surface area contributed by atoms with Gasteiger partial charge in [-0.15, -0.1) is 0 Å². The van der Waals surface area contributed by atoms with E-state index in [1.807, 2.05) is 20.8 Å². The number of hydrogen-bond donors (Lipinski definition) is 9. The lowest BCUT2D eigenvalue weighted by molar-refractivity contribution is -0.381. The Bertz CT molecular complexity index is 777. The van der Waals surface area contributed by atoms with Crippen LogP contribution in [0.5, 0.6) is 0 Å². The lowest BCUT2D eigenvalue weighted by atomic mass is 9.96. The summed E-state index contributed by atoms with van der Waals surface area (Å²) in [5.41, 5.74) is 0. The van der Waals surface area contributed by atoms with Gasteiger partial charge < -0.3 is 79.1 Å². The van der Waals surface area contributed by atoms with Crippen molar-refractivity contribution in [1.29, 1.82) is 0 Å². The molecule has 15 atom stereocenters. The van der Waals surface area contributed by atoms with Crippen molar-refractivity contribution in [3.63, 3.8) is 0 Å². The van der Waals surface area contributed by atoms with Gasteiger partial charge in [0.1, 0.15) is 73.2 Å². The standard InChI is InChI=1S/C26H48O16/c1-4-6-36-10-14-15(29)18(32)19(33)25(40-14)41-23-17(31)13(9-28)39-26(21(23)35)42-22-16(30)12(8-27)38-24(20(22)34)37-7-5-11(2)3/h11-35H,4-10H2,1-3H3. The molecule has 16 nitrogen and oxygen atoms in total. The molecule has 42 heavy (non-hydrogen) atoms. The first-order valence-corrected chi connectivity index (χ1v) is 14.4. The average Bonchev–Trinajstić information content (AvgIpc) is 2.96. The first-order valence-electron chi connectivity index (χ1n) is 14.4. The molecule has 0 aromatic heterocycles. The van der Waals surface area contributed by atoms with Gasteiger partial charge in [-0.25, -0.2) is 0 Å². The van der Waals surface area contributed by atoms with Crippen LogP contribution in [-0.4, -0.2) is 171 Å². The minimum absolute atomic E-state index is 0.144. The van der Waals surface area contributed by atoms with Gasteiger partial charge in [0, 0.05) is 6.61 Å². The Morgan fingerprint density at radius 3 is 1.62 bits per heavy atom. The molecule has 0 aromatic carbocycles. The highest BCUT2D eigenvalue weighted by Gasteiger charge is 2.53. The van der Waals surface area contributed by atoms with Crippen LogP contribution in [0.1, 0.15) is 33.6 Å². The van der Waals surface area contributed by atoms with E-state index in [-0.39, 0.29) is 19.1 Å². The molecule has 0 radical (unpaired) electrons. The number of hydrogen-bond acceptors (Lipinski definition) is 16. The largest absolute Gasteiger partial charge is 0.394 e. The van der Waals surface area contributed by atoms with Gasteiger partial charge in [-0.2, -0.15) is 0 Å². The molecule has 3 aliphatic rings. The second kappa shape index (κ2) is 16.6. The highest BCUT2D eigenvalue weighted by atomic mass is 16.8. The van der Waals surface area contributed by atoms with Crippen LogP contribution in [-0.2, 0) is 33.2 Å². The molecular weight excluding hydrogens is 568 g/mol. The summed E-state index contributed by atoms with van der Waals surface area (Å²) in [6.07, 6.45) is -22.1. The zero-order valence-electron chi connectivity index (χ0n) is 24.1. The summed E-state index contributed by atoms with van der Waals surface area (Å²) in [4.78, 5) is 0. The third kappa shape index (κ3) is 8.54. The second-order valence-electron chi connectivity index (χ2n) is 11.3. The molecule has 3 saturated heterocycles. The first kappa shape index (κ1) is 35.8. The van der Waals surface area contributed by atoms with E-state index in [2.05, 4.69) is 0 Å². The van der Waals surface area contributed by atoms with Crippen LogP contribution in [0.25, 0.3) is 0 Å². The van der Waals surface area contributed by atoms with Crippen LogP contribution < -0.4 is 0 Å². The van der Waals surface area contributed by atoms with Crippen LogP contribution in [0.15, 0.2) is 0 Å². The molecule has 3 aliphatic heterocycles. The van der Waals surface area contributed by atoms with E-state index in [1.165, 1.54) is 0 Å². The van der Waals surface area contributed by atoms with Crippen molar-refractivity contribution in [2.75, 3.05) is 33.0 Å². The van der Waals surface area contributed by atoms with Crippen LogP contribution in [0.3, 0.4) is 0 Å². The van der Waals surface area contributed by atoms with E-state index >= 15 is 0 Å². The number of rotatable bonds is 14. The van der Waals surface area contributed by atoms with E-state index in [9.17, 15) is 46.0 Å². The molecule has 9 N–H and O–H groups in total. The van der Waals surface area contributed by atoms with E-state index in [0.29, 0.717) is 19.4 Å². The Kier molecular flexibility index (Phi) is 14.2. The summed E-state index contributed by atoms with van der Waals surface area (Å²) in [5.74, 6) is 0.289. The maximum atomic E-state index is 11.1. The molecule has 15 unspecified atom stereocenters. The van der Waals surface area contributed by atoms with Crippen molar-refractivity contribution in [3.05, 3.63) is 0 Å². The Balaban J connectivity index is 1.75. The molecule has 0 aliphatic carbocycles. The molecular formula is C26H48O16. The molecule has 0 saturated carbocycles. The van der Waals surface area contributed by atoms with Gasteiger partial charge in [0.2, 0.25) is 0 Å². The predicted octanol–water partition coefficient (Wildman–Crippen LogP) is -4.07. The third-order valence-electron chi connectivity index (χ3n) is 7.50. The molecule has 0 spiro atoms. The van der Waals surface area contributed by atoms with Crippen LogP contribution in [0.4, 0.5) is 0 Å². The second-order valence-corrected chi connectivity index (χ2v) is 11.3. The van der Waals surface area contributed by atoms with Crippen LogP contribution >= 0.6 is 0 Å². The molecule has 248 valence electrons. The highest BCUT2D eigenvalue weighted by Crippen LogP contribution is 2.33. The van der Waals surface area contributed by atoms with Gasteiger partial charge in [0.05, 0.1) is 26.4 Å². The van der Waals surface area contributed by atoms with E-state index in [1.54, 1.807) is 0 Å². The average molecular weight is 617 g/mol. The fraction of sp³-hybridized carbons (Fsp3) is 1.00. The smallest absolute Gasteiger partial charge is 0.187 e. The Hall–Kier alpha value is -0.640. The van der Waals surface area contributed by atoms with Crippen molar-refractivity contribution >= 4 is 0 Å². The number of aliphatic hydroxyl groups excluding tert-OH is 9. The summed E-state index contributed by atoms with van der Waals surface area (Å²) in [7, 11) is 0. The predicted molar refractivity (Wildman–Crippen MR) is 138 cm³/mol. The molecule has 0 amide bonds. The third-order valence-corrected chi connectivity index (χ3v) is 7.50. The molecule has 16 heteroatoms. The molecule has 3 fully saturated rings. The summed E-state index contributed by atoms with van der Waals surface area (Å²) in [5, 5.41) is 94.3. The van der Waals surface area contributed by atoms with Gasteiger partial charge in [0.25, 0.3) is 0 Å². The molecule has 3 heterocycles. The van der Waals surface area contributed by atoms with E-state index in [0.717, 1.165) is 0 Å². The fourth-order valence-electron chi connectivity index (χ4n) is 4.92. The zero-order valence-corrected chi connectivity index (χ0v) is 24.1. The van der Waals surface area contributed by atoms with Gasteiger partial charge >= 0.3 is 0 Å². The Morgan fingerprint density at radius 2 is 1.10 bits per heavy atom. The first-order chi connectivity index (χ1) is 19.9. The molecule has 0 aromatic rings. The van der Waals surface area contributed by atoms with Crippen molar-refractivity contribution in [3.8, 4) is 0 Å². The zero-order chi connectivity index (χ0) is 31.1. The minimum Gasteiger partial charge on any atom is -0.394 e. The van der Waals surface area contributed by atoms with E-state index in [4.69, 9.17) is 33.2 Å². The monoisotopic (exact) mass is 616 g/mol. The normalized spacial score (nSPS) is 44.9. The summed E-state index contributed by atoms with van der Waals surface area (Å²) >= 11 is 0. The fourth-order valence-corrected chi connectivity index (χ4v) is 4.92. The van der Waals surface area contributed by atoms with Gasteiger partial charge in [-0.3, -0.25) is 0 Å². The van der Waals surface area contributed by atoms with Crippen molar-refractivity contribution in [2.45, 2.75) is 126 Å². The van der Waals surface area contributed by atoms with Gasteiger partial charge in [-0.05, 0) is 18.8 Å². The van der Waals surface area contributed by atoms with E-state index < -0.39 is 105 Å². The lowest BCUT2D eigenvalue weighted by Gasteiger charge is -2.48. The summed E-state index contributed by atoms with van der Waals surface area (Å²) in [6, 6.07) is 0. The molecule has 0 bridgehead atoms. The van der Waals surface area contributed by atoms with Crippen molar-refractivity contribution in [2.24, 2.45) is 5.92 Å². The summed E-state index contributed by atoms with van der Waals surface area (Å²) < 4.78 is 39.0.